The second-order valence-corrected chi connectivity index (χ2v) is 8.80. The summed E-state index contributed by atoms with van der Waals surface area (Å²) < 4.78 is 11.2. The molecule has 0 saturated carbocycles. The maximum atomic E-state index is 13.3. The fourth-order valence-electron chi connectivity index (χ4n) is 3.80. The van der Waals surface area contributed by atoms with Gasteiger partial charge in [-0.3, -0.25) is 4.79 Å². The molecule has 162 valence electrons. The molecule has 31 heavy (non-hydrogen) atoms. The highest BCUT2D eigenvalue weighted by atomic mass is 32.2. The monoisotopic (exact) mass is 437 g/mol. The first-order chi connectivity index (χ1) is 15.1. The van der Waals surface area contributed by atoms with Crippen molar-refractivity contribution in [3.63, 3.8) is 0 Å². The van der Waals surface area contributed by atoms with E-state index in [-0.39, 0.29) is 5.91 Å². The number of aromatic nitrogens is 2. The van der Waals surface area contributed by atoms with Crippen LogP contribution in [0.15, 0.2) is 58.2 Å². The number of hydrogen-bond acceptors (Lipinski definition) is 6. The van der Waals surface area contributed by atoms with Gasteiger partial charge in [0.05, 0.1) is 17.9 Å². The van der Waals surface area contributed by atoms with E-state index < -0.39 is 0 Å². The zero-order chi connectivity index (χ0) is 21.6. The first-order valence-corrected chi connectivity index (χ1v) is 11.6. The van der Waals surface area contributed by atoms with Gasteiger partial charge >= 0.3 is 0 Å². The van der Waals surface area contributed by atoms with Gasteiger partial charge < -0.3 is 14.2 Å². The maximum Gasteiger partial charge on any atom is 0.256 e. The van der Waals surface area contributed by atoms with Crippen molar-refractivity contribution in [1.82, 2.24) is 15.0 Å². The number of ether oxygens (including phenoxy) is 1. The van der Waals surface area contributed by atoms with Crippen molar-refractivity contribution in [2.75, 3.05) is 19.7 Å². The van der Waals surface area contributed by atoms with Gasteiger partial charge in [-0.05, 0) is 51.0 Å². The third-order valence-corrected chi connectivity index (χ3v) is 6.60. The molecule has 0 bridgehead atoms. The summed E-state index contributed by atoms with van der Waals surface area (Å²) in [5.41, 5.74) is 2.60. The third-order valence-electron chi connectivity index (χ3n) is 5.57. The van der Waals surface area contributed by atoms with Crippen LogP contribution in [-0.2, 0) is 5.75 Å². The Hall–Kier alpha value is -2.80. The normalized spacial score (nSPS) is 16.3. The molecular formula is C24H27N3O3S. The van der Waals surface area contributed by atoms with Crippen molar-refractivity contribution in [1.29, 1.82) is 0 Å². The van der Waals surface area contributed by atoms with Gasteiger partial charge in [-0.2, -0.15) is 0 Å². The van der Waals surface area contributed by atoms with Gasteiger partial charge in [-0.15, -0.1) is 11.8 Å². The molecule has 0 spiro atoms. The lowest BCUT2D eigenvalue weighted by Gasteiger charge is -2.33. The smallest absolute Gasteiger partial charge is 0.256 e. The average molecular weight is 438 g/mol. The SMILES string of the molecule is Cc1noc(C)c1CSc1ncccc1C(=O)N1CCCC(COc2ccccc2)C1. The largest absolute Gasteiger partial charge is 0.493 e. The van der Waals surface area contributed by atoms with Crippen LogP contribution in [0.2, 0.25) is 0 Å². The molecule has 3 aromatic rings. The Balaban J connectivity index is 1.40. The Morgan fingerprint density at radius 3 is 2.84 bits per heavy atom. The lowest BCUT2D eigenvalue weighted by Crippen LogP contribution is -2.41. The second kappa shape index (κ2) is 10.0. The number of amides is 1. The third kappa shape index (κ3) is 5.28. The van der Waals surface area contributed by atoms with Crippen LogP contribution >= 0.6 is 11.8 Å². The van der Waals surface area contributed by atoms with Crippen LogP contribution in [0.1, 0.15) is 40.2 Å². The van der Waals surface area contributed by atoms with E-state index in [2.05, 4.69) is 10.1 Å². The highest BCUT2D eigenvalue weighted by Crippen LogP contribution is 2.29. The van der Waals surface area contributed by atoms with E-state index in [4.69, 9.17) is 9.26 Å². The number of pyridine rings is 1. The van der Waals surface area contributed by atoms with Gasteiger partial charge in [-0.25, -0.2) is 4.98 Å². The quantitative estimate of drug-likeness (QED) is 0.489. The summed E-state index contributed by atoms with van der Waals surface area (Å²) in [7, 11) is 0. The molecule has 1 aliphatic rings. The summed E-state index contributed by atoms with van der Waals surface area (Å²) in [6, 6.07) is 13.5. The predicted molar refractivity (Wildman–Crippen MR) is 120 cm³/mol. The van der Waals surface area contributed by atoms with Crippen LogP contribution in [0.5, 0.6) is 5.75 Å². The van der Waals surface area contributed by atoms with Crippen molar-refractivity contribution in [2.45, 2.75) is 37.5 Å². The van der Waals surface area contributed by atoms with Gasteiger partial charge in [-0.1, -0.05) is 23.4 Å². The Kier molecular flexibility index (Phi) is 6.92. The van der Waals surface area contributed by atoms with Gasteiger partial charge in [0.2, 0.25) is 0 Å². The van der Waals surface area contributed by atoms with Crippen LogP contribution in [0, 0.1) is 19.8 Å². The minimum atomic E-state index is 0.0405. The van der Waals surface area contributed by atoms with Crippen molar-refractivity contribution < 1.29 is 14.1 Å². The number of likely N-dealkylation sites (tertiary alicyclic amines) is 1. The number of hydrogen-bond donors (Lipinski definition) is 0. The molecule has 1 saturated heterocycles. The number of piperidine rings is 1. The molecule has 1 aliphatic heterocycles. The van der Waals surface area contributed by atoms with Crippen LogP contribution in [0.25, 0.3) is 0 Å². The van der Waals surface area contributed by atoms with Crippen LogP contribution in [0.4, 0.5) is 0 Å². The minimum Gasteiger partial charge on any atom is -0.493 e. The summed E-state index contributed by atoms with van der Waals surface area (Å²) in [6.45, 7) is 5.93. The summed E-state index contributed by atoms with van der Waals surface area (Å²) >= 11 is 1.55. The van der Waals surface area contributed by atoms with Crippen LogP contribution < -0.4 is 4.74 Å². The number of thioether (sulfide) groups is 1. The zero-order valence-corrected chi connectivity index (χ0v) is 18.7. The summed E-state index contributed by atoms with van der Waals surface area (Å²) in [6.07, 6.45) is 3.78. The average Bonchev–Trinajstić information content (AvgIpc) is 3.14. The molecular weight excluding hydrogens is 410 g/mol. The van der Waals surface area contributed by atoms with Crippen molar-refractivity contribution in [3.05, 3.63) is 71.2 Å². The van der Waals surface area contributed by atoms with Gasteiger partial charge in [0, 0.05) is 36.5 Å². The number of aryl methyl sites for hydroxylation is 2. The van der Waals surface area contributed by atoms with E-state index in [0.29, 0.717) is 30.4 Å². The molecule has 0 N–H and O–H groups in total. The van der Waals surface area contributed by atoms with E-state index >= 15 is 0 Å². The minimum absolute atomic E-state index is 0.0405. The summed E-state index contributed by atoms with van der Waals surface area (Å²) in [5, 5.41) is 4.76. The van der Waals surface area contributed by atoms with E-state index in [0.717, 1.165) is 47.2 Å². The lowest BCUT2D eigenvalue weighted by molar-refractivity contribution is 0.0629. The van der Waals surface area contributed by atoms with Gasteiger partial charge in [0.15, 0.2) is 0 Å². The molecule has 2 aromatic heterocycles. The molecule has 1 amide bonds. The molecule has 3 heterocycles. The highest BCUT2D eigenvalue weighted by Gasteiger charge is 2.27. The Bertz CT molecular complexity index is 1000. The standard InChI is InChI=1S/C24H27N3O3S/c1-17-22(18(2)30-26-17)16-31-23-21(11-6-12-25-23)24(28)27-13-7-8-19(14-27)15-29-20-9-4-3-5-10-20/h3-6,9-12,19H,7-8,13-16H2,1-2H3. The fourth-order valence-corrected chi connectivity index (χ4v) is 4.94. The van der Waals surface area contributed by atoms with Gasteiger partial charge in [0.25, 0.3) is 5.91 Å². The van der Waals surface area contributed by atoms with E-state index in [1.165, 1.54) is 0 Å². The van der Waals surface area contributed by atoms with E-state index in [1.807, 2.05) is 61.2 Å². The molecule has 1 atom stereocenters. The molecule has 1 fully saturated rings. The molecule has 7 heteroatoms. The first kappa shape index (κ1) is 21.4. The maximum absolute atomic E-state index is 13.3. The van der Waals surface area contributed by atoms with Crippen molar-refractivity contribution in [2.24, 2.45) is 5.92 Å². The number of carbonyl (C=O) groups excluding carboxylic acids is 1. The second-order valence-electron chi connectivity index (χ2n) is 7.83. The molecule has 1 aromatic carbocycles. The summed E-state index contributed by atoms with van der Waals surface area (Å²) in [4.78, 5) is 19.8. The Morgan fingerprint density at radius 1 is 1.23 bits per heavy atom. The molecule has 0 radical (unpaired) electrons. The lowest BCUT2D eigenvalue weighted by atomic mass is 9.98. The molecule has 6 nitrogen and oxygen atoms in total. The van der Waals surface area contributed by atoms with Gasteiger partial charge in [0.1, 0.15) is 16.5 Å². The van der Waals surface area contributed by atoms with Crippen LogP contribution in [0.3, 0.4) is 0 Å². The van der Waals surface area contributed by atoms with Crippen LogP contribution in [-0.4, -0.2) is 40.6 Å². The number of rotatable bonds is 7. The number of carbonyl (C=O) groups is 1. The van der Waals surface area contributed by atoms with Crippen molar-refractivity contribution >= 4 is 17.7 Å². The zero-order valence-electron chi connectivity index (χ0n) is 17.9. The van der Waals surface area contributed by atoms with Crippen molar-refractivity contribution in [3.8, 4) is 5.75 Å². The Morgan fingerprint density at radius 2 is 2.06 bits per heavy atom. The molecule has 1 unspecified atom stereocenters. The highest BCUT2D eigenvalue weighted by molar-refractivity contribution is 7.98. The first-order valence-electron chi connectivity index (χ1n) is 10.6. The Labute approximate surface area is 187 Å². The predicted octanol–water partition coefficient (Wildman–Crippen LogP) is 4.91. The number of benzene rings is 1. The fraction of sp³-hybridized carbons (Fsp3) is 0.375. The number of para-hydroxylation sites is 1. The molecule has 4 rings (SSSR count). The molecule has 0 aliphatic carbocycles. The van der Waals surface area contributed by atoms with E-state index in [9.17, 15) is 4.79 Å². The van der Waals surface area contributed by atoms with E-state index in [1.54, 1.807) is 18.0 Å². The topological polar surface area (TPSA) is 68.5 Å². The summed E-state index contributed by atoms with van der Waals surface area (Å²) in [5.74, 6) is 2.72. The number of nitrogens with zero attached hydrogens (tertiary/aromatic N) is 3.